The third-order valence-electron chi connectivity index (χ3n) is 5.18. The number of ketones is 2. The van der Waals surface area contributed by atoms with Gasteiger partial charge in [-0.05, 0) is 19.3 Å². The van der Waals surface area contributed by atoms with Crippen LogP contribution in [0.3, 0.4) is 0 Å². The maximum atomic E-state index is 12.1. The molecule has 0 saturated heterocycles. The predicted molar refractivity (Wildman–Crippen MR) is 118 cm³/mol. The van der Waals surface area contributed by atoms with Crippen LogP contribution in [-0.4, -0.2) is 51.2 Å². The van der Waals surface area contributed by atoms with Crippen molar-refractivity contribution in [1.29, 1.82) is 0 Å². The van der Waals surface area contributed by atoms with Crippen LogP contribution < -0.4 is 0 Å². The number of hydrogen-bond donors (Lipinski definition) is 0. The van der Waals surface area contributed by atoms with E-state index in [0.717, 1.165) is 38.5 Å². The number of unbranched alkanes of at least 4 members (excludes halogenated alkanes) is 5. The van der Waals surface area contributed by atoms with Gasteiger partial charge in [0, 0.05) is 25.2 Å². The fraction of sp³-hybridized carbons (Fsp3) is 0.917. The molecule has 0 rings (SSSR count). The summed E-state index contributed by atoms with van der Waals surface area (Å²) in [7, 11) is 0. The summed E-state index contributed by atoms with van der Waals surface area (Å²) in [6, 6.07) is 0. The minimum absolute atomic E-state index is 0.194. The molecule has 0 amide bonds. The van der Waals surface area contributed by atoms with Gasteiger partial charge in [-0.1, -0.05) is 59.3 Å². The first-order valence-electron chi connectivity index (χ1n) is 11.9. The van der Waals surface area contributed by atoms with Crippen molar-refractivity contribution in [3.8, 4) is 0 Å². The number of Topliss-reactive ketones (excluding diaryl/α,β-unsaturated/α-hetero) is 2. The quantitative estimate of drug-likeness (QED) is 0.206. The van der Waals surface area contributed by atoms with E-state index in [2.05, 4.69) is 20.8 Å². The molecule has 1 atom stereocenters. The largest absolute Gasteiger partial charge is 0.379 e. The zero-order valence-electron chi connectivity index (χ0n) is 19.3. The van der Waals surface area contributed by atoms with Crippen LogP contribution in [-0.2, 0) is 23.8 Å². The second-order valence-electron chi connectivity index (χ2n) is 7.75. The summed E-state index contributed by atoms with van der Waals surface area (Å²) in [5, 5.41) is 0. The molecule has 29 heavy (non-hydrogen) atoms. The van der Waals surface area contributed by atoms with Gasteiger partial charge in [0.15, 0.2) is 0 Å². The van der Waals surface area contributed by atoms with E-state index in [1.165, 1.54) is 19.3 Å². The molecule has 0 aliphatic heterocycles. The topological polar surface area (TPSA) is 61.8 Å². The fourth-order valence-electron chi connectivity index (χ4n) is 3.20. The lowest BCUT2D eigenvalue weighted by molar-refractivity contribution is -0.124. The molecule has 0 spiro atoms. The molecule has 0 fully saturated rings. The Balaban J connectivity index is 3.36. The highest BCUT2D eigenvalue weighted by Gasteiger charge is 2.15. The van der Waals surface area contributed by atoms with Gasteiger partial charge in [-0.3, -0.25) is 9.59 Å². The molecular weight excluding hydrogens is 368 g/mol. The fourth-order valence-corrected chi connectivity index (χ4v) is 3.20. The summed E-state index contributed by atoms with van der Waals surface area (Å²) >= 11 is 0. The summed E-state index contributed by atoms with van der Waals surface area (Å²) < 4.78 is 16.4. The SMILES string of the molecule is CCCCCCCC(=O)CCOCCOCCOCCC(=O)C(CC)CCCC. The van der Waals surface area contributed by atoms with Crippen LogP contribution in [0, 0.1) is 5.92 Å². The Morgan fingerprint density at radius 2 is 1.17 bits per heavy atom. The summed E-state index contributed by atoms with van der Waals surface area (Å²) in [6.45, 7) is 9.38. The minimum atomic E-state index is 0.194. The Labute approximate surface area is 179 Å². The van der Waals surface area contributed by atoms with Gasteiger partial charge in [0.25, 0.3) is 0 Å². The zero-order valence-corrected chi connectivity index (χ0v) is 19.3. The third kappa shape index (κ3) is 19.0. The van der Waals surface area contributed by atoms with Crippen LogP contribution in [0.15, 0.2) is 0 Å². The number of ether oxygens (including phenoxy) is 3. The monoisotopic (exact) mass is 414 g/mol. The van der Waals surface area contributed by atoms with E-state index in [1.54, 1.807) is 0 Å². The predicted octanol–water partition coefficient (Wildman–Crippen LogP) is 5.53. The van der Waals surface area contributed by atoms with Crippen LogP contribution in [0.1, 0.15) is 97.8 Å². The Kier molecular flexibility index (Phi) is 21.3. The van der Waals surface area contributed by atoms with Crippen molar-refractivity contribution in [3.63, 3.8) is 0 Å². The van der Waals surface area contributed by atoms with Crippen molar-refractivity contribution in [2.24, 2.45) is 5.92 Å². The molecule has 5 nitrogen and oxygen atoms in total. The lowest BCUT2D eigenvalue weighted by Gasteiger charge is -2.13. The first kappa shape index (κ1) is 28.2. The van der Waals surface area contributed by atoms with Gasteiger partial charge in [-0.2, -0.15) is 0 Å². The van der Waals surface area contributed by atoms with Crippen LogP contribution >= 0.6 is 0 Å². The Bertz CT molecular complexity index is 383. The van der Waals surface area contributed by atoms with Gasteiger partial charge in [-0.25, -0.2) is 0 Å². The molecule has 0 heterocycles. The zero-order chi connectivity index (χ0) is 21.6. The maximum absolute atomic E-state index is 12.1. The molecule has 0 N–H and O–H groups in total. The number of rotatable bonds is 23. The van der Waals surface area contributed by atoms with Crippen LogP contribution in [0.5, 0.6) is 0 Å². The van der Waals surface area contributed by atoms with Crippen molar-refractivity contribution in [3.05, 3.63) is 0 Å². The van der Waals surface area contributed by atoms with Crippen molar-refractivity contribution < 1.29 is 23.8 Å². The standard InChI is InChI=1S/C24H46O5/c1-4-7-9-10-11-13-23(25)14-16-27-18-20-29-21-19-28-17-15-24(26)22(6-3)12-8-5-2/h22H,4-21H2,1-3H3. The van der Waals surface area contributed by atoms with Gasteiger partial charge < -0.3 is 14.2 Å². The average Bonchev–Trinajstić information content (AvgIpc) is 2.72. The molecule has 0 aromatic rings. The lowest BCUT2D eigenvalue weighted by atomic mass is 9.93. The Hall–Kier alpha value is -0.780. The molecular formula is C24H46O5. The van der Waals surface area contributed by atoms with Crippen LogP contribution in [0.4, 0.5) is 0 Å². The molecule has 0 aliphatic carbocycles. The first-order chi connectivity index (χ1) is 14.2. The van der Waals surface area contributed by atoms with Crippen molar-refractivity contribution in [2.45, 2.75) is 97.8 Å². The molecule has 0 bridgehead atoms. The maximum Gasteiger partial charge on any atom is 0.138 e. The Morgan fingerprint density at radius 3 is 1.76 bits per heavy atom. The van der Waals surface area contributed by atoms with Crippen LogP contribution in [0.2, 0.25) is 0 Å². The molecule has 172 valence electrons. The number of hydrogen-bond acceptors (Lipinski definition) is 5. The summed E-state index contributed by atoms with van der Waals surface area (Å²) in [6.07, 6.45) is 11.7. The van der Waals surface area contributed by atoms with Gasteiger partial charge in [0.2, 0.25) is 0 Å². The van der Waals surface area contributed by atoms with E-state index < -0.39 is 0 Å². The smallest absolute Gasteiger partial charge is 0.138 e. The van der Waals surface area contributed by atoms with Gasteiger partial charge in [-0.15, -0.1) is 0 Å². The lowest BCUT2D eigenvalue weighted by Crippen LogP contribution is -2.17. The highest BCUT2D eigenvalue weighted by molar-refractivity contribution is 5.81. The van der Waals surface area contributed by atoms with E-state index in [4.69, 9.17) is 14.2 Å². The second kappa shape index (κ2) is 21.9. The van der Waals surface area contributed by atoms with E-state index in [9.17, 15) is 9.59 Å². The molecule has 0 radical (unpaired) electrons. The van der Waals surface area contributed by atoms with E-state index in [1.807, 2.05) is 0 Å². The number of carbonyl (C=O) groups is 2. The molecule has 1 unspecified atom stereocenters. The van der Waals surface area contributed by atoms with Crippen molar-refractivity contribution in [1.82, 2.24) is 0 Å². The molecule has 5 heteroatoms. The highest BCUT2D eigenvalue weighted by Crippen LogP contribution is 2.15. The van der Waals surface area contributed by atoms with Gasteiger partial charge in [0.1, 0.15) is 11.6 Å². The van der Waals surface area contributed by atoms with Gasteiger partial charge in [0.05, 0.1) is 39.6 Å². The molecule has 0 aromatic heterocycles. The van der Waals surface area contributed by atoms with E-state index in [-0.39, 0.29) is 5.92 Å². The van der Waals surface area contributed by atoms with Crippen LogP contribution in [0.25, 0.3) is 0 Å². The summed E-state index contributed by atoms with van der Waals surface area (Å²) in [5.41, 5.74) is 0. The second-order valence-corrected chi connectivity index (χ2v) is 7.75. The normalized spacial score (nSPS) is 12.2. The average molecular weight is 415 g/mol. The van der Waals surface area contributed by atoms with Crippen molar-refractivity contribution >= 4 is 11.6 Å². The Morgan fingerprint density at radius 1 is 0.621 bits per heavy atom. The molecule has 0 saturated carbocycles. The van der Waals surface area contributed by atoms with Crippen molar-refractivity contribution in [2.75, 3.05) is 39.6 Å². The number of carbonyl (C=O) groups excluding carboxylic acids is 2. The summed E-state index contributed by atoms with van der Waals surface area (Å²) in [4.78, 5) is 23.8. The molecule has 0 aliphatic rings. The highest BCUT2D eigenvalue weighted by atomic mass is 16.5. The molecule has 0 aromatic carbocycles. The summed E-state index contributed by atoms with van der Waals surface area (Å²) in [5.74, 6) is 0.816. The van der Waals surface area contributed by atoms with E-state index in [0.29, 0.717) is 70.5 Å². The third-order valence-corrected chi connectivity index (χ3v) is 5.18. The van der Waals surface area contributed by atoms with E-state index >= 15 is 0 Å². The first-order valence-corrected chi connectivity index (χ1v) is 11.9. The minimum Gasteiger partial charge on any atom is -0.379 e. The van der Waals surface area contributed by atoms with Gasteiger partial charge >= 0.3 is 0 Å².